The smallest absolute Gasteiger partial charge is 0.291 e. The summed E-state index contributed by atoms with van der Waals surface area (Å²) < 4.78 is 6.74. The van der Waals surface area contributed by atoms with Crippen LogP contribution in [0.1, 0.15) is 5.56 Å². The largest absolute Gasteiger partial charge is 0.436 e. The fraction of sp³-hybridized carbons (Fsp3) is 0.0909. The number of pyridine rings is 2. The molecule has 8 heteroatoms. The van der Waals surface area contributed by atoms with E-state index >= 15 is 0 Å². The second kappa shape index (κ2) is 5.62. The normalized spacial score (nSPS) is 10.3. The number of halogens is 2. The predicted molar refractivity (Wildman–Crippen MR) is 75.3 cm³/mol. The lowest BCUT2D eigenvalue weighted by Crippen LogP contribution is -1.97. The average molecular weight is 389 g/mol. The molecule has 19 heavy (non-hydrogen) atoms. The molecule has 2 aromatic rings. The minimum atomic E-state index is -0.489. The molecule has 2 rings (SSSR count). The summed E-state index contributed by atoms with van der Waals surface area (Å²) in [5.74, 6) is 0.735. The molecule has 0 unspecified atom stereocenters. The van der Waals surface area contributed by atoms with Crippen molar-refractivity contribution in [1.29, 1.82) is 0 Å². The molecule has 0 bridgehead atoms. The van der Waals surface area contributed by atoms with Gasteiger partial charge < -0.3 is 4.74 Å². The Bertz CT molecular complexity index is 649. The van der Waals surface area contributed by atoms with Crippen LogP contribution in [-0.2, 0) is 0 Å². The van der Waals surface area contributed by atoms with E-state index < -0.39 is 4.92 Å². The lowest BCUT2D eigenvalue weighted by Gasteiger charge is -2.08. The minimum absolute atomic E-state index is 0.0633. The van der Waals surface area contributed by atoms with Crippen molar-refractivity contribution >= 4 is 37.5 Å². The van der Waals surface area contributed by atoms with Crippen LogP contribution in [0.5, 0.6) is 11.6 Å². The minimum Gasteiger partial charge on any atom is -0.436 e. The molecular formula is C11H7Br2N3O3. The zero-order valence-corrected chi connectivity index (χ0v) is 12.8. The van der Waals surface area contributed by atoms with E-state index in [4.69, 9.17) is 4.74 Å². The molecule has 0 radical (unpaired) electrons. The molecule has 0 spiro atoms. The van der Waals surface area contributed by atoms with Crippen LogP contribution < -0.4 is 4.74 Å². The number of ether oxygens (including phenoxy) is 1. The van der Waals surface area contributed by atoms with Crippen LogP contribution in [0.15, 0.2) is 33.6 Å². The Kier molecular flexibility index (Phi) is 4.11. The summed E-state index contributed by atoms with van der Waals surface area (Å²) in [6, 6.07) is 1.72. The van der Waals surface area contributed by atoms with Gasteiger partial charge in [0, 0.05) is 16.2 Å². The van der Waals surface area contributed by atoms with Gasteiger partial charge in [-0.2, -0.15) is 0 Å². The molecule has 6 nitrogen and oxygen atoms in total. The Balaban J connectivity index is 2.37. The third-order valence-electron chi connectivity index (χ3n) is 2.30. The van der Waals surface area contributed by atoms with E-state index in [2.05, 4.69) is 41.8 Å². The summed E-state index contributed by atoms with van der Waals surface area (Å²) in [5, 5.41) is 10.8. The van der Waals surface area contributed by atoms with E-state index in [1.807, 2.05) is 0 Å². The highest BCUT2D eigenvalue weighted by molar-refractivity contribution is 9.10. The molecule has 2 aromatic heterocycles. The third-order valence-corrected chi connectivity index (χ3v) is 3.66. The van der Waals surface area contributed by atoms with E-state index in [0.29, 0.717) is 15.8 Å². The van der Waals surface area contributed by atoms with Crippen molar-refractivity contribution in [2.75, 3.05) is 0 Å². The highest BCUT2D eigenvalue weighted by atomic mass is 79.9. The van der Waals surface area contributed by atoms with Gasteiger partial charge in [0.25, 0.3) is 5.69 Å². The van der Waals surface area contributed by atoms with Crippen molar-refractivity contribution < 1.29 is 9.66 Å². The maximum Gasteiger partial charge on any atom is 0.291 e. The maximum absolute atomic E-state index is 10.8. The Hall–Kier alpha value is -1.54. The van der Waals surface area contributed by atoms with Crippen LogP contribution in [0.2, 0.25) is 0 Å². The molecule has 0 saturated heterocycles. The number of aromatic nitrogens is 2. The van der Waals surface area contributed by atoms with Crippen molar-refractivity contribution in [3.63, 3.8) is 0 Å². The highest BCUT2D eigenvalue weighted by Gasteiger charge is 2.18. The number of hydrogen-bond donors (Lipinski definition) is 0. The molecule has 2 heterocycles. The molecule has 0 aliphatic carbocycles. The Morgan fingerprint density at radius 1 is 1.32 bits per heavy atom. The molecular weight excluding hydrogens is 382 g/mol. The van der Waals surface area contributed by atoms with Gasteiger partial charge in [-0.25, -0.2) is 4.98 Å². The van der Waals surface area contributed by atoms with Gasteiger partial charge in [0.15, 0.2) is 0 Å². The van der Waals surface area contributed by atoms with Gasteiger partial charge in [-0.1, -0.05) is 0 Å². The summed E-state index contributed by atoms with van der Waals surface area (Å²) >= 11 is 6.53. The summed E-state index contributed by atoms with van der Waals surface area (Å²) in [6.07, 6.45) is 4.31. The predicted octanol–water partition coefficient (Wildman–Crippen LogP) is 4.01. The van der Waals surface area contributed by atoms with Crippen LogP contribution in [-0.4, -0.2) is 14.9 Å². The molecule has 0 amide bonds. The first-order valence-corrected chi connectivity index (χ1v) is 6.65. The molecule has 0 atom stereocenters. The topological polar surface area (TPSA) is 78.2 Å². The van der Waals surface area contributed by atoms with Crippen molar-refractivity contribution in [1.82, 2.24) is 9.97 Å². The SMILES string of the molecule is Cc1c([N+](=O)[O-])cnc(Oc2cncc(Br)c2)c1Br. The summed E-state index contributed by atoms with van der Waals surface area (Å²) in [5.41, 5.74) is 0.393. The zero-order chi connectivity index (χ0) is 14.0. The lowest BCUT2D eigenvalue weighted by atomic mass is 10.2. The first-order valence-electron chi connectivity index (χ1n) is 5.07. The summed E-state index contributed by atoms with van der Waals surface area (Å²) in [4.78, 5) is 18.2. The van der Waals surface area contributed by atoms with Gasteiger partial charge in [-0.05, 0) is 44.8 Å². The van der Waals surface area contributed by atoms with Crippen molar-refractivity contribution in [3.8, 4) is 11.6 Å². The van der Waals surface area contributed by atoms with Gasteiger partial charge in [0.2, 0.25) is 5.88 Å². The third kappa shape index (κ3) is 3.07. The monoisotopic (exact) mass is 387 g/mol. The lowest BCUT2D eigenvalue weighted by molar-refractivity contribution is -0.385. The van der Waals surface area contributed by atoms with Crippen molar-refractivity contribution in [2.45, 2.75) is 6.92 Å². The van der Waals surface area contributed by atoms with Gasteiger partial charge in [-0.15, -0.1) is 0 Å². The maximum atomic E-state index is 10.8. The molecule has 0 aromatic carbocycles. The van der Waals surface area contributed by atoms with E-state index in [9.17, 15) is 10.1 Å². The molecule has 0 aliphatic rings. The van der Waals surface area contributed by atoms with Gasteiger partial charge in [0.05, 0.1) is 15.6 Å². The molecule has 0 N–H and O–H groups in total. The first-order chi connectivity index (χ1) is 8.99. The fourth-order valence-corrected chi connectivity index (χ4v) is 2.09. The van der Waals surface area contributed by atoms with Crippen LogP contribution in [0.3, 0.4) is 0 Å². The number of nitro groups is 1. The summed E-state index contributed by atoms with van der Waals surface area (Å²) in [7, 11) is 0. The highest BCUT2D eigenvalue weighted by Crippen LogP contribution is 2.34. The molecule has 0 fully saturated rings. The average Bonchev–Trinajstić information content (AvgIpc) is 2.35. The fourth-order valence-electron chi connectivity index (χ4n) is 1.36. The van der Waals surface area contributed by atoms with Crippen LogP contribution in [0.25, 0.3) is 0 Å². The molecule has 0 aliphatic heterocycles. The Morgan fingerprint density at radius 2 is 2.05 bits per heavy atom. The summed E-state index contributed by atoms with van der Waals surface area (Å²) in [6.45, 7) is 1.62. The molecule has 0 saturated carbocycles. The van der Waals surface area contributed by atoms with E-state index in [-0.39, 0.29) is 11.6 Å². The van der Waals surface area contributed by atoms with E-state index in [1.165, 1.54) is 12.4 Å². The van der Waals surface area contributed by atoms with Crippen molar-refractivity contribution in [2.24, 2.45) is 0 Å². The van der Waals surface area contributed by atoms with Gasteiger partial charge in [-0.3, -0.25) is 15.1 Å². The quantitative estimate of drug-likeness (QED) is 0.586. The van der Waals surface area contributed by atoms with Gasteiger partial charge >= 0.3 is 0 Å². The second-order valence-corrected chi connectivity index (χ2v) is 5.29. The number of hydrogen-bond acceptors (Lipinski definition) is 5. The Labute approximate surface area is 125 Å². The van der Waals surface area contributed by atoms with Gasteiger partial charge in [0.1, 0.15) is 11.9 Å². The zero-order valence-electron chi connectivity index (χ0n) is 9.63. The first kappa shape index (κ1) is 13.9. The van der Waals surface area contributed by atoms with E-state index in [1.54, 1.807) is 19.2 Å². The number of nitrogens with zero attached hydrogens (tertiary/aromatic N) is 3. The van der Waals surface area contributed by atoms with Crippen LogP contribution in [0, 0.1) is 17.0 Å². The molecule has 98 valence electrons. The second-order valence-electron chi connectivity index (χ2n) is 3.59. The standard InChI is InChI=1S/C11H7Br2N3O3/c1-6-9(16(17)18)5-15-11(10(6)13)19-8-2-7(12)3-14-4-8/h2-5H,1H3. The van der Waals surface area contributed by atoms with Crippen molar-refractivity contribution in [3.05, 3.63) is 49.3 Å². The van der Waals surface area contributed by atoms with E-state index in [0.717, 1.165) is 4.47 Å². The number of rotatable bonds is 3. The van der Waals surface area contributed by atoms with Crippen LogP contribution in [0.4, 0.5) is 5.69 Å². The Morgan fingerprint density at radius 3 is 2.68 bits per heavy atom. The van der Waals surface area contributed by atoms with Crippen LogP contribution >= 0.6 is 31.9 Å².